The predicted molar refractivity (Wildman–Crippen MR) is 80.0 cm³/mol. The van der Waals surface area contributed by atoms with Crippen LogP contribution in [0, 0.1) is 0 Å². The molecule has 2 aromatic rings. The van der Waals surface area contributed by atoms with Crippen molar-refractivity contribution in [2.75, 3.05) is 19.0 Å². The van der Waals surface area contributed by atoms with E-state index in [1.807, 2.05) is 25.2 Å². The van der Waals surface area contributed by atoms with Gasteiger partial charge >= 0.3 is 0 Å². The quantitative estimate of drug-likeness (QED) is 0.653. The number of nitrogen functional groups attached to an aromatic ring is 1. The average molecular weight is 258 g/mol. The standard InChI is InChI=1S/C15H18N2S/c1-17-15(12-4-3-5-13(16)10-12)11-6-8-14(18-2)9-7-11/h3-10,15,17H,16H2,1-2H3. The zero-order valence-electron chi connectivity index (χ0n) is 10.7. The van der Waals surface area contributed by atoms with Gasteiger partial charge in [0.25, 0.3) is 0 Å². The minimum atomic E-state index is 0.185. The van der Waals surface area contributed by atoms with Crippen molar-refractivity contribution in [3.8, 4) is 0 Å². The minimum Gasteiger partial charge on any atom is -0.399 e. The molecule has 2 aromatic carbocycles. The van der Waals surface area contributed by atoms with Crippen LogP contribution < -0.4 is 11.1 Å². The van der Waals surface area contributed by atoms with Crippen LogP contribution in [0.15, 0.2) is 53.4 Å². The van der Waals surface area contributed by atoms with Gasteiger partial charge in [-0.25, -0.2) is 0 Å². The molecule has 0 saturated carbocycles. The van der Waals surface area contributed by atoms with Crippen molar-refractivity contribution in [2.45, 2.75) is 10.9 Å². The minimum absolute atomic E-state index is 0.185. The van der Waals surface area contributed by atoms with Gasteiger partial charge in [0.15, 0.2) is 0 Å². The first-order valence-corrected chi connectivity index (χ1v) is 7.13. The van der Waals surface area contributed by atoms with E-state index in [-0.39, 0.29) is 6.04 Å². The van der Waals surface area contributed by atoms with Crippen LogP contribution in [0.4, 0.5) is 5.69 Å². The molecule has 2 nitrogen and oxygen atoms in total. The van der Waals surface area contributed by atoms with E-state index in [9.17, 15) is 0 Å². The Bertz CT molecular complexity index is 508. The normalized spacial score (nSPS) is 12.3. The average Bonchev–Trinajstić information content (AvgIpc) is 2.40. The van der Waals surface area contributed by atoms with E-state index in [0.717, 1.165) is 5.69 Å². The van der Waals surface area contributed by atoms with Crippen molar-refractivity contribution in [1.29, 1.82) is 0 Å². The molecule has 3 N–H and O–H groups in total. The van der Waals surface area contributed by atoms with E-state index >= 15 is 0 Å². The predicted octanol–water partition coefficient (Wildman–Crippen LogP) is 3.30. The lowest BCUT2D eigenvalue weighted by Crippen LogP contribution is -2.17. The van der Waals surface area contributed by atoms with Gasteiger partial charge in [-0.15, -0.1) is 11.8 Å². The Balaban J connectivity index is 2.32. The molecule has 0 aliphatic carbocycles. The van der Waals surface area contributed by atoms with Gasteiger partial charge in [-0.1, -0.05) is 24.3 Å². The molecule has 0 spiro atoms. The molecular formula is C15H18N2S. The number of nitrogens with two attached hydrogens (primary N) is 1. The number of anilines is 1. The van der Waals surface area contributed by atoms with Gasteiger partial charge in [0, 0.05) is 10.6 Å². The zero-order valence-corrected chi connectivity index (χ0v) is 11.5. The number of thioether (sulfide) groups is 1. The topological polar surface area (TPSA) is 38.0 Å². The van der Waals surface area contributed by atoms with Crippen LogP contribution in [0.1, 0.15) is 17.2 Å². The van der Waals surface area contributed by atoms with Gasteiger partial charge in [0.2, 0.25) is 0 Å². The van der Waals surface area contributed by atoms with Crippen molar-refractivity contribution in [1.82, 2.24) is 5.32 Å². The van der Waals surface area contributed by atoms with Crippen LogP contribution >= 0.6 is 11.8 Å². The lowest BCUT2D eigenvalue weighted by molar-refractivity contribution is 0.691. The second kappa shape index (κ2) is 5.94. The highest BCUT2D eigenvalue weighted by Crippen LogP contribution is 2.25. The number of hydrogen-bond donors (Lipinski definition) is 2. The molecule has 1 atom stereocenters. The zero-order chi connectivity index (χ0) is 13.0. The van der Waals surface area contributed by atoms with Gasteiger partial charge in [-0.05, 0) is 48.7 Å². The molecule has 0 heterocycles. The summed E-state index contributed by atoms with van der Waals surface area (Å²) in [5, 5.41) is 3.34. The highest BCUT2D eigenvalue weighted by atomic mass is 32.2. The summed E-state index contributed by atoms with van der Waals surface area (Å²) >= 11 is 1.75. The first-order valence-electron chi connectivity index (χ1n) is 5.91. The Morgan fingerprint density at radius 2 is 1.78 bits per heavy atom. The molecule has 0 aliphatic heterocycles. The number of rotatable bonds is 4. The van der Waals surface area contributed by atoms with Crippen LogP contribution in [0.25, 0.3) is 0 Å². The Hall–Kier alpha value is -1.45. The highest BCUT2D eigenvalue weighted by molar-refractivity contribution is 7.98. The van der Waals surface area contributed by atoms with E-state index in [1.54, 1.807) is 11.8 Å². The molecular weight excluding hydrogens is 240 g/mol. The Kier molecular flexibility index (Phi) is 4.28. The van der Waals surface area contributed by atoms with Gasteiger partial charge in [-0.2, -0.15) is 0 Å². The third-order valence-electron chi connectivity index (χ3n) is 2.98. The van der Waals surface area contributed by atoms with Crippen molar-refractivity contribution in [2.24, 2.45) is 0 Å². The molecule has 0 aliphatic rings. The summed E-state index contributed by atoms with van der Waals surface area (Å²) in [6.07, 6.45) is 2.09. The monoisotopic (exact) mass is 258 g/mol. The van der Waals surface area contributed by atoms with E-state index in [2.05, 4.69) is 41.9 Å². The molecule has 2 rings (SSSR count). The molecule has 3 heteroatoms. The van der Waals surface area contributed by atoms with Gasteiger partial charge in [-0.3, -0.25) is 0 Å². The van der Waals surface area contributed by atoms with Crippen molar-refractivity contribution >= 4 is 17.4 Å². The van der Waals surface area contributed by atoms with Crippen LogP contribution in [0.5, 0.6) is 0 Å². The molecule has 0 fully saturated rings. The maximum absolute atomic E-state index is 5.84. The summed E-state index contributed by atoms with van der Waals surface area (Å²) in [6, 6.07) is 16.8. The molecule has 1 unspecified atom stereocenters. The summed E-state index contributed by atoms with van der Waals surface area (Å²) in [4.78, 5) is 1.28. The lowest BCUT2D eigenvalue weighted by atomic mass is 9.98. The lowest BCUT2D eigenvalue weighted by Gasteiger charge is -2.18. The molecule has 0 amide bonds. The molecule has 0 saturated heterocycles. The smallest absolute Gasteiger partial charge is 0.0575 e. The molecule has 0 aromatic heterocycles. The fraction of sp³-hybridized carbons (Fsp3) is 0.200. The number of benzene rings is 2. The summed E-state index contributed by atoms with van der Waals surface area (Å²) < 4.78 is 0. The number of hydrogen-bond acceptors (Lipinski definition) is 3. The fourth-order valence-electron chi connectivity index (χ4n) is 2.06. The van der Waals surface area contributed by atoms with Crippen molar-refractivity contribution < 1.29 is 0 Å². The van der Waals surface area contributed by atoms with Crippen molar-refractivity contribution in [3.63, 3.8) is 0 Å². The number of nitrogens with one attached hydrogen (secondary N) is 1. The summed E-state index contributed by atoms with van der Waals surface area (Å²) in [7, 11) is 1.97. The second-order valence-corrected chi connectivity index (χ2v) is 5.04. The van der Waals surface area contributed by atoms with Crippen LogP contribution in [-0.2, 0) is 0 Å². The highest BCUT2D eigenvalue weighted by Gasteiger charge is 2.11. The van der Waals surface area contributed by atoms with Crippen LogP contribution in [-0.4, -0.2) is 13.3 Å². The van der Waals surface area contributed by atoms with Gasteiger partial charge in [0.1, 0.15) is 0 Å². The summed E-state index contributed by atoms with van der Waals surface area (Å²) in [6.45, 7) is 0. The SMILES string of the molecule is CNC(c1ccc(SC)cc1)c1cccc(N)c1. The largest absolute Gasteiger partial charge is 0.399 e. The third-order valence-corrected chi connectivity index (χ3v) is 3.73. The Morgan fingerprint density at radius 1 is 1.06 bits per heavy atom. The Labute approximate surface area is 113 Å². The second-order valence-electron chi connectivity index (χ2n) is 4.16. The molecule has 0 bridgehead atoms. The van der Waals surface area contributed by atoms with Crippen LogP contribution in [0.2, 0.25) is 0 Å². The first-order chi connectivity index (χ1) is 8.74. The fourth-order valence-corrected chi connectivity index (χ4v) is 2.47. The van der Waals surface area contributed by atoms with E-state index in [1.165, 1.54) is 16.0 Å². The van der Waals surface area contributed by atoms with Gasteiger partial charge < -0.3 is 11.1 Å². The molecule has 18 heavy (non-hydrogen) atoms. The van der Waals surface area contributed by atoms with Crippen molar-refractivity contribution in [3.05, 3.63) is 59.7 Å². The van der Waals surface area contributed by atoms with E-state index in [0.29, 0.717) is 0 Å². The third kappa shape index (κ3) is 2.86. The van der Waals surface area contributed by atoms with Crippen LogP contribution in [0.3, 0.4) is 0 Å². The maximum atomic E-state index is 5.84. The summed E-state index contributed by atoms with van der Waals surface area (Å²) in [5.74, 6) is 0. The maximum Gasteiger partial charge on any atom is 0.0575 e. The Morgan fingerprint density at radius 3 is 2.33 bits per heavy atom. The molecule has 94 valence electrons. The summed E-state index contributed by atoms with van der Waals surface area (Å²) in [5.41, 5.74) is 9.08. The van der Waals surface area contributed by atoms with Gasteiger partial charge in [0.05, 0.1) is 6.04 Å². The first kappa shape index (κ1) is 13.0. The van der Waals surface area contributed by atoms with E-state index < -0.39 is 0 Å². The van der Waals surface area contributed by atoms with E-state index in [4.69, 9.17) is 5.73 Å². The molecule has 0 radical (unpaired) electrons.